The van der Waals surface area contributed by atoms with Crippen molar-refractivity contribution in [3.63, 3.8) is 0 Å². The number of H-pyrrole nitrogens is 1. The van der Waals surface area contributed by atoms with Crippen LogP contribution in [0.5, 0.6) is 0 Å². The van der Waals surface area contributed by atoms with Gasteiger partial charge in [-0.25, -0.2) is 8.42 Å². The summed E-state index contributed by atoms with van der Waals surface area (Å²) in [5, 5.41) is 12.0. The molecule has 0 saturated carbocycles. The Labute approximate surface area is 188 Å². The van der Waals surface area contributed by atoms with Crippen LogP contribution in [0.1, 0.15) is 36.1 Å². The lowest BCUT2D eigenvalue weighted by Gasteiger charge is -2.25. The van der Waals surface area contributed by atoms with Crippen molar-refractivity contribution in [2.24, 2.45) is 0 Å². The van der Waals surface area contributed by atoms with Gasteiger partial charge in [-0.05, 0) is 61.8 Å². The summed E-state index contributed by atoms with van der Waals surface area (Å²) in [5.74, 6) is 0. The maximum absolute atomic E-state index is 13.6. The summed E-state index contributed by atoms with van der Waals surface area (Å²) >= 11 is 0. The van der Waals surface area contributed by atoms with Crippen LogP contribution in [0.2, 0.25) is 0 Å². The molecule has 2 heterocycles. The van der Waals surface area contributed by atoms with Crippen LogP contribution in [0.3, 0.4) is 0 Å². The number of hydrogen-bond acceptors (Lipinski definition) is 3. The standard InChI is InChI=1S/C26H25N3O2S/c1-18-22-13-11-19(17-27)16-25(22)28-24(18)14-12-21-8-5-15-29(21)32(30,31)26-10-4-7-20-6-2-3-9-23(20)26/h2-4,6-7,9-11,13,16,21,28H,5,8,12,14-15H2,1H3/t21-/m0/s1. The lowest BCUT2D eigenvalue weighted by molar-refractivity contribution is 0.370. The number of aromatic nitrogens is 1. The molecular weight excluding hydrogens is 418 g/mol. The van der Waals surface area contributed by atoms with Crippen LogP contribution in [0, 0.1) is 18.3 Å². The smallest absolute Gasteiger partial charge is 0.243 e. The van der Waals surface area contributed by atoms with E-state index in [-0.39, 0.29) is 6.04 Å². The molecule has 4 aromatic rings. The molecule has 5 rings (SSSR count). The van der Waals surface area contributed by atoms with Gasteiger partial charge in [0.2, 0.25) is 10.0 Å². The zero-order valence-corrected chi connectivity index (χ0v) is 18.8. The van der Waals surface area contributed by atoms with E-state index in [4.69, 9.17) is 5.26 Å². The van der Waals surface area contributed by atoms with Gasteiger partial charge in [0.15, 0.2) is 0 Å². The van der Waals surface area contributed by atoms with Crippen LogP contribution in [0.4, 0.5) is 0 Å². The highest BCUT2D eigenvalue weighted by atomic mass is 32.2. The molecule has 0 aliphatic carbocycles. The molecule has 0 spiro atoms. The number of nitrogens with zero attached hydrogens (tertiary/aromatic N) is 2. The van der Waals surface area contributed by atoms with Crippen molar-refractivity contribution >= 4 is 31.7 Å². The fourth-order valence-electron chi connectivity index (χ4n) is 4.99. The molecule has 5 nitrogen and oxygen atoms in total. The van der Waals surface area contributed by atoms with E-state index in [0.29, 0.717) is 17.0 Å². The highest BCUT2D eigenvalue weighted by molar-refractivity contribution is 7.89. The van der Waals surface area contributed by atoms with Crippen molar-refractivity contribution in [1.82, 2.24) is 9.29 Å². The van der Waals surface area contributed by atoms with Gasteiger partial charge >= 0.3 is 0 Å². The molecule has 3 aromatic carbocycles. The first-order valence-electron chi connectivity index (χ1n) is 11.0. The highest BCUT2D eigenvalue weighted by Gasteiger charge is 2.35. The maximum atomic E-state index is 13.6. The van der Waals surface area contributed by atoms with Gasteiger partial charge in [-0.15, -0.1) is 0 Å². The minimum Gasteiger partial charge on any atom is -0.358 e. The minimum absolute atomic E-state index is 0.0144. The lowest BCUT2D eigenvalue weighted by atomic mass is 10.0. The molecule has 1 N–H and O–H groups in total. The number of rotatable bonds is 5. The van der Waals surface area contributed by atoms with E-state index in [1.54, 1.807) is 10.4 Å². The Bertz CT molecular complexity index is 1460. The lowest BCUT2D eigenvalue weighted by Crippen LogP contribution is -2.36. The summed E-state index contributed by atoms with van der Waals surface area (Å²) in [6, 6.07) is 21.0. The Morgan fingerprint density at radius 2 is 1.91 bits per heavy atom. The van der Waals surface area contributed by atoms with Crippen molar-refractivity contribution in [3.8, 4) is 6.07 Å². The molecule has 0 bridgehead atoms. The monoisotopic (exact) mass is 443 g/mol. The molecule has 0 radical (unpaired) electrons. The summed E-state index contributed by atoms with van der Waals surface area (Å²) < 4.78 is 29.0. The molecule has 32 heavy (non-hydrogen) atoms. The molecule has 1 aliphatic heterocycles. The van der Waals surface area contributed by atoms with Crippen molar-refractivity contribution in [1.29, 1.82) is 5.26 Å². The van der Waals surface area contributed by atoms with Gasteiger partial charge in [0.1, 0.15) is 0 Å². The molecule has 1 atom stereocenters. The van der Waals surface area contributed by atoms with Gasteiger partial charge in [0.05, 0.1) is 16.5 Å². The predicted molar refractivity (Wildman–Crippen MR) is 127 cm³/mol. The van der Waals surface area contributed by atoms with Crippen molar-refractivity contribution < 1.29 is 8.42 Å². The quantitative estimate of drug-likeness (QED) is 0.455. The number of nitriles is 1. The number of hydrogen-bond donors (Lipinski definition) is 1. The van der Waals surface area contributed by atoms with Crippen LogP contribution in [0.15, 0.2) is 65.6 Å². The Kier molecular flexibility index (Phi) is 5.24. The summed E-state index contributed by atoms with van der Waals surface area (Å²) in [6.45, 7) is 2.65. The van der Waals surface area contributed by atoms with Crippen molar-refractivity contribution in [2.75, 3.05) is 6.54 Å². The second-order valence-corrected chi connectivity index (χ2v) is 10.4. The molecule has 1 fully saturated rings. The number of fused-ring (bicyclic) bond motifs is 2. The third-order valence-corrected chi connectivity index (χ3v) is 8.69. The fraction of sp³-hybridized carbons (Fsp3) is 0.269. The normalized spacial score (nSPS) is 17.2. The number of sulfonamides is 1. The second kappa shape index (κ2) is 8.09. The SMILES string of the molecule is Cc1c(CC[C@@H]2CCCN2S(=O)(=O)c2cccc3ccccc23)[nH]c2cc(C#N)ccc12. The Balaban J connectivity index is 1.41. The van der Waals surface area contributed by atoms with E-state index in [2.05, 4.69) is 18.0 Å². The van der Waals surface area contributed by atoms with Crippen LogP contribution in [-0.4, -0.2) is 30.3 Å². The van der Waals surface area contributed by atoms with E-state index in [1.807, 2.05) is 54.6 Å². The molecule has 1 aromatic heterocycles. The van der Waals surface area contributed by atoms with Gasteiger partial charge in [0.25, 0.3) is 0 Å². The van der Waals surface area contributed by atoms with Crippen LogP contribution >= 0.6 is 0 Å². The summed E-state index contributed by atoms with van der Waals surface area (Å²) in [7, 11) is -3.58. The van der Waals surface area contributed by atoms with Gasteiger partial charge in [-0.1, -0.05) is 42.5 Å². The van der Waals surface area contributed by atoms with E-state index in [0.717, 1.165) is 53.1 Å². The first-order valence-corrected chi connectivity index (χ1v) is 12.4. The fourth-order valence-corrected chi connectivity index (χ4v) is 6.92. The minimum atomic E-state index is -3.58. The predicted octanol–water partition coefficient (Wildman–Crippen LogP) is 5.29. The largest absolute Gasteiger partial charge is 0.358 e. The van der Waals surface area contributed by atoms with Crippen LogP contribution in [0.25, 0.3) is 21.7 Å². The first-order chi connectivity index (χ1) is 15.5. The molecule has 0 amide bonds. The van der Waals surface area contributed by atoms with Crippen molar-refractivity contribution in [3.05, 3.63) is 77.5 Å². The average molecular weight is 444 g/mol. The second-order valence-electron chi connectivity index (χ2n) is 8.53. The van der Waals surface area contributed by atoms with Gasteiger partial charge in [-0.2, -0.15) is 9.57 Å². The third kappa shape index (κ3) is 3.48. The van der Waals surface area contributed by atoms with Gasteiger partial charge in [0, 0.05) is 34.6 Å². The van der Waals surface area contributed by atoms with E-state index in [9.17, 15) is 8.42 Å². The van der Waals surface area contributed by atoms with Crippen LogP contribution < -0.4 is 0 Å². The topological polar surface area (TPSA) is 77.0 Å². The number of nitrogens with one attached hydrogen (secondary N) is 1. The zero-order valence-electron chi connectivity index (χ0n) is 18.0. The van der Waals surface area contributed by atoms with E-state index >= 15 is 0 Å². The Hall–Kier alpha value is -3.14. The molecular formula is C26H25N3O2S. The Morgan fingerprint density at radius 1 is 1.09 bits per heavy atom. The van der Waals surface area contributed by atoms with E-state index < -0.39 is 10.0 Å². The van der Waals surface area contributed by atoms with Gasteiger partial charge < -0.3 is 4.98 Å². The summed E-state index contributed by atoms with van der Waals surface area (Å²) in [6.07, 6.45) is 3.30. The highest BCUT2D eigenvalue weighted by Crippen LogP contribution is 2.33. The average Bonchev–Trinajstić information content (AvgIpc) is 3.41. The molecule has 1 saturated heterocycles. The van der Waals surface area contributed by atoms with E-state index in [1.165, 1.54) is 5.56 Å². The molecule has 162 valence electrons. The maximum Gasteiger partial charge on any atom is 0.243 e. The molecule has 0 unspecified atom stereocenters. The molecule has 1 aliphatic rings. The first kappa shape index (κ1) is 20.7. The molecule has 6 heteroatoms. The third-order valence-electron chi connectivity index (χ3n) is 6.68. The van der Waals surface area contributed by atoms with Crippen molar-refractivity contribution in [2.45, 2.75) is 43.5 Å². The number of benzene rings is 3. The Morgan fingerprint density at radius 3 is 2.75 bits per heavy atom. The van der Waals surface area contributed by atoms with Gasteiger partial charge in [-0.3, -0.25) is 0 Å². The number of aromatic amines is 1. The van der Waals surface area contributed by atoms with Crippen LogP contribution in [-0.2, 0) is 16.4 Å². The summed E-state index contributed by atoms with van der Waals surface area (Å²) in [5.41, 5.74) is 3.88. The zero-order chi connectivity index (χ0) is 22.3. The summed E-state index contributed by atoms with van der Waals surface area (Å²) in [4.78, 5) is 3.85. The number of aryl methyl sites for hydroxylation is 2.